The van der Waals surface area contributed by atoms with Crippen molar-refractivity contribution in [1.82, 2.24) is 0 Å². The van der Waals surface area contributed by atoms with E-state index in [9.17, 15) is 0 Å². The molecule has 1 atom stereocenters. The Labute approximate surface area is 79.8 Å². The minimum Gasteiger partial charge on any atom is -0.0651 e. The van der Waals surface area contributed by atoms with E-state index >= 15 is 0 Å². The second-order valence-electron chi connectivity index (χ2n) is 4.88. The van der Waals surface area contributed by atoms with Gasteiger partial charge in [-0.1, -0.05) is 54.9 Å². The summed E-state index contributed by atoms with van der Waals surface area (Å²) < 4.78 is 0. The maximum atomic E-state index is 2.32. The second-order valence-corrected chi connectivity index (χ2v) is 4.88. The molecule has 0 radical (unpaired) electrons. The van der Waals surface area contributed by atoms with Crippen LogP contribution in [0.5, 0.6) is 0 Å². The van der Waals surface area contributed by atoms with Crippen LogP contribution in [-0.2, 0) is 0 Å². The van der Waals surface area contributed by atoms with E-state index in [4.69, 9.17) is 0 Å². The Morgan fingerprint density at radius 3 is 1.25 bits per heavy atom. The molecular formula is C12H28. The average Bonchev–Trinajstić information content (AvgIpc) is 1.84. The predicted molar refractivity (Wildman–Crippen MR) is 59.4 cm³/mol. The molecule has 0 aliphatic heterocycles. The summed E-state index contributed by atoms with van der Waals surface area (Å²) in [6.07, 6.45) is 2.72. The van der Waals surface area contributed by atoms with Gasteiger partial charge in [0, 0.05) is 0 Å². The van der Waals surface area contributed by atoms with Crippen molar-refractivity contribution in [3.8, 4) is 0 Å². The fourth-order valence-corrected chi connectivity index (χ4v) is 0.971. The Bertz CT molecular complexity index is 69.4. The zero-order valence-electron chi connectivity index (χ0n) is 10.1. The van der Waals surface area contributed by atoms with Gasteiger partial charge in [-0.25, -0.2) is 0 Å². The largest absolute Gasteiger partial charge is 0.0651 e. The van der Waals surface area contributed by atoms with Crippen LogP contribution in [0.4, 0.5) is 0 Å². The van der Waals surface area contributed by atoms with Gasteiger partial charge in [-0.2, -0.15) is 0 Å². The highest BCUT2D eigenvalue weighted by Gasteiger charge is 2.00. The van der Waals surface area contributed by atoms with Crippen LogP contribution in [0.1, 0.15) is 61.3 Å². The first-order valence-corrected chi connectivity index (χ1v) is 5.40. The first-order valence-electron chi connectivity index (χ1n) is 5.40. The van der Waals surface area contributed by atoms with Gasteiger partial charge in [-0.05, 0) is 24.2 Å². The van der Waals surface area contributed by atoms with Gasteiger partial charge in [-0.3, -0.25) is 0 Å². The molecule has 0 bridgehead atoms. The minimum atomic E-state index is 0.833. The molecule has 0 heterocycles. The van der Waals surface area contributed by atoms with Gasteiger partial charge in [0.1, 0.15) is 0 Å². The van der Waals surface area contributed by atoms with Crippen molar-refractivity contribution in [3.63, 3.8) is 0 Å². The molecule has 0 aliphatic carbocycles. The Kier molecular flexibility index (Phi) is 11.0. The van der Waals surface area contributed by atoms with Crippen LogP contribution in [0.3, 0.4) is 0 Å². The van der Waals surface area contributed by atoms with E-state index in [1.54, 1.807) is 0 Å². The van der Waals surface area contributed by atoms with E-state index in [0.717, 1.165) is 17.8 Å². The molecule has 0 heteroatoms. The van der Waals surface area contributed by atoms with Crippen LogP contribution in [0.15, 0.2) is 0 Å². The van der Waals surface area contributed by atoms with E-state index in [-0.39, 0.29) is 0 Å². The van der Waals surface area contributed by atoms with Crippen molar-refractivity contribution in [2.24, 2.45) is 17.8 Å². The molecule has 0 saturated carbocycles. The van der Waals surface area contributed by atoms with E-state index in [1.165, 1.54) is 12.8 Å². The zero-order chi connectivity index (χ0) is 10.1. The van der Waals surface area contributed by atoms with Crippen molar-refractivity contribution in [2.75, 3.05) is 0 Å². The molecule has 0 aliphatic rings. The molecule has 0 N–H and O–H groups in total. The summed E-state index contributed by atoms with van der Waals surface area (Å²) >= 11 is 0. The van der Waals surface area contributed by atoms with Crippen LogP contribution in [0.2, 0.25) is 0 Å². The first-order chi connectivity index (χ1) is 5.40. The highest BCUT2D eigenvalue weighted by atomic mass is 14.1. The molecule has 1 unspecified atom stereocenters. The Morgan fingerprint density at radius 2 is 1.17 bits per heavy atom. The Hall–Kier alpha value is 0. The van der Waals surface area contributed by atoms with Gasteiger partial charge in [-0.15, -0.1) is 0 Å². The van der Waals surface area contributed by atoms with Crippen LogP contribution >= 0.6 is 0 Å². The van der Waals surface area contributed by atoms with Gasteiger partial charge in [0.25, 0.3) is 0 Å². The first kappa shape index (κ1) is 14.5. The number of hydrogen-bond donors (Lipinski definition) is 0. The van der Waals surface area contributed by atoms with Crippen LogP contribution in [-0.4, -0.2) is 0 Å². The van der Waals surface area contributed by atoms with E-state index in [0.29, 0.717) is 0 Å². The lowest BCUT2D eigenvalue weighted by molar-refractivity contribution is 0.429. The van der Waals surface area contributed by atoms with Gasteiger partial charge in [0.05, 0.1) is 0 Å². The quantitative estimate of drug-likeness (QED) is 0.577. The molecule has 0 rings (SSSR count). The van der Waals surface area contributed by atoms with Crippen molar-refractivity contribution >= 4 is 0 Å². The van der Waals surface area contributed by atoms with Crippen molar-refractivity contribution < 1.29 is 0 Å². The summed E-state index contributed by atoms with van der Waals surface area (Å²) in [4.78, 5) is 0. The number of rotatable bonds is 3. The fourth-order valence-electron chi connectivity index (χ4n) is 0.971. The lowest BCUT2D eigenvalue weighted by Gasteiger charge is -2.09. The van der Waals surface area contributed by atoms with Gasteiger partial charge >= 0.3 is 0 Å². The average molecular weight is 172 g/mol. The van der Waals surface area contributed by atoms with E-state index < -0.39 is 0 Å². The maximum Gasteiger partial charge on any atom is -0.0443 e. The van der Waals surface area contributed by atoms with Gasteiger partial charge in [0.15, 0.2) is 0 Å². The molecule has 0 saturated heterocycles. The highest BCUT2D eigenvalue weighted by molar-refractivity contribution is 4.52. The molecule has 76 valence electrons. The lowest BCUT2D eigenvalue weighted by Crippen LogP contribution is -1.97. The summed E-state index contributed by atoms with van der Waals surface area (Å²) in [5.41, 5.74) is 0. The summed E-state index contributed by atoms with van der Waals surface area (Å²) in [5, 5.41) is 0. The standard InChI is InChI=1S/C8H18.C4H10/c1-5-8(4)6-7(2)3;1-4(2)3/h7-8H,5-6H2,1-4H3;4H,1-3H3. The molecule has 0 amide bonds. The van der Waals surface area contributed by atoms with Gasteiger partial charge in [0.2, 0.25) is 0 Å². The summed E-state index contributed by atoms with van der Waals surface area (Å²) in [5.74, 6) is 2.64. The molecule has 0 spiro atoms. The normalized spacial score (nSPS) is 12.8. The Balaban J connectivity index is 0. The monoisotopic (exact) mass is 172 g/mol. The van der Waals surface area contributed by atoms with Crippen molar-refractivity contribution in [2.45, 2.75) is 61.3 Å². The molecule has 0 aromatic rings. The van der Waals surface area contributed by atoms with Crippen molar-refractivity contribution in [1.29, 1.82) is 0 Å². The van der Waals surface area contributed by atoms with Crippen LogP contribution < -0.4 is 0 Å². The molecule has 0 fully saturated rings. The molecule has 12 heavy (non-hydrogen) atoms. The fraction of sp³-hybridized carbons (Fsp3) is 1.00. The van der Waals surface area contributed by atoms with E-state index in [1.807, 2.05) is 0 Å². The predicted octanol–water partition coefficient (Wildman–Crippen LogP) is 4.74. The Morgan fingerprint density at radius 1 is 0.833 bits per heavy atom. The third-order valence-electron chi connectivity index (χ3n) is 1.57. The van der Waals surface area contributed by atoms with Crippen molar-refractivity contribution in [3.05, 3.63) is 0 Å². The van der Waals surface area contributed by atoms with Crippen LogP contribution in [0, 0.1) is 17.8 Å². The zero-order valence-corrected chi connectivity index (χ0v) is 10.1. The summed E-state index contributed by atoms with van der Waals surface area (Å²) in [6, 6.07) is 0. The highest BCUT2D eigenvalue weighted by Crippen LogP contribution is 2.12. The number of hydrogen-bond acceptors (Lipinski definition) is 0. The minimum absolute atomic E-state index is 0.833. The lowest BCUT2D eigenvalue weighted by atomic mass is 9.97. The third kappa shape index (κ3) is 22.5. The topological polar surface area (TPSA) is 0 Å². The van der Waals surface area contributed by atoms with Gasteiger partial charge < -0.3 is 0 Å². The maximum absolute atomic E-state index is 2.32. The summed E-state index contributed by atoms with van der Waals surface area (Å²) in [7, 11) is 0. The summed E-state index contributed by atoms with van der Waals surface area (Å²) in [6.45, 7) is 15.6. The molecule has 0 aromatic heterocycles. The molecular weight excluding hydrogens is 144 g/mol. The molecule has 0 nitrogen and oxygen atoms in total. The second kappa shape index (κ2) is 9.09. The SMILES string of the molecule is CC(C)C.CCC(C)CC(C)C. The third-order valence-corrected chi connectivity index (χ3v) is 1.57. The van der Waals surface area contributed by atoms with E-state index in [2.05, 4.69) is 48.5 Å². The molecule has 0 aromatic carbocycles. The smallest absolute Gasteiger partial charge is 0.0443 e. The van der Waals surface area contributed by atoms with Crippen LogP contribution in [0.25, 0.3) is 0 Å².